The summed E-state index contributed by atoms with van der Waals surface area (Å²) in [5, 5.41) is 26.3. The number of allylic oxidation sites excluding steroid dienone is 3. The number of anilines is 1. The van der Waals surface area contributed by atoms with Crippen LogP contribution in [0.3, 0.4) is 0 Å². The quantitative estimate of drug-likeness (QED) is 0.0249. The average molecular weight is 1320 g/mol. The lowest BCUT2D eigenvalue weighted by Crippen LogP contribution is -2.34. The molecular weight excluding hydrogens is 1250 g/mol. The van der Waals surface area contributed by atoms with Gasteiger partial charge in [-0.3, -0.25) is 58.0 Å². The van der Waals surface area contributed by atoms with Gasteiger partial charge in [-0.15, -0.1) is 0 Å². The van der Waals surface area contributed by atoms with E-state index in [2.05, 4.69) is 37.8 Å². The Hall–Kier alpha value is -12.7. The number of H-pyrrole nitrogens is 4. The Morgan fingerprint density at radius 1 is 0.541 bits per heavy atom. The lowest BCUT2D eigenvalue weighted by molar-refractivity contribution is 0.0980. The van der Waals surface area contributed by atoms with Crippen LogP contribution >= 0.6 is 0 Å². The summed E-state index contributed by atoms with van der Waals surface area (Å²) in [5.41, 5.74) is 15.2. The van der Waals surface area contributed by atoms with Gasteiger partial charge in [0.1, 0.15) is 28.8 Å². The van der Waals surface area contributed by atoms with E-state index in [0.29, 0.717) is 45.3 Å². The minimum Gasteiger partial charge on any atom is -0.440 e. The molecule has 25 heteroatoms. The SMILES string of the molecule is C.Cc1cc(/C=C/C#N)cc(Oc2[nH]c(=O)[nH]c(=O)c2C(C)C)c1.Cc1cc(/C=C/C#N)cc(Oc2c(C(C)C)c(=O)[nH]c(=O)n2Cc2ccnc(C(=O)c3ccccc3C(N)=O)c2)c1.Cc1cc(/C=C/C#N)cc(Oc2c(C(C)C)c(=O)[nH]c(=O)n2Cc2ccnc(N)c2)c1.[B]C. The summed E-state index contributed by atoms with van der Waals surface area (Å²) in [6, 6.07) is 34.7. The van der Waals surface area contributed by atoms with Crippen molar-refractivity contribution in [2.45, 2.75) is 107 Å². The second-order valence-corrected chi connectivity index (χ2v) is 22.6. The van der Waals surface area contributed by atoms with Crippen LogP contribution in [-0.2, 0) is 13.1 Å². The number of nitrogens with one attached hydrogen (secondary N) is 4. The summed E-state index contributed by atoms with van der Waals surface area (Å²) in [6.07, 6.45) is 12.0. The molecule has 0 aliphatic rings. The molecule has 0 saturated heterocycles. The number of nitrogen functional groups attached to an aromatic ring is 1. The number of aryl methyl sites for hydroxylation is 3. The number of primary amides is 1. The molecule has 9 aromatic rings. The summed E-state index contributed by atoms with van der Waals surface area (Å²) in [7, 11) is 4.50. The topological polar surface area (TPSA) is 386 Å². The van der Waals surface area contributed by atoms with Gasteiger partial charge in [-0.1, -0.05) is 92.2 Å². The van der Waals surface area contributed by atoms with Crippen molar-refractivity contribution in [3.05, 3.63) is 274 Å². The first-order valence-corrected chi connectivity index (χ1v) is 30.1. The number of aromatic amines is 4. The van der Waals surface area contributed by atoms with Crippen molar-refractivity contribution in [2.24, 2.45) is 5.73 Å². The molecular formula is C73H74BN13O11. The summed E-state index contributed by atoms with van der Waals surface area (Å²) in [4.78, 5) is 117. The molecule has 0 saturated carbocycles. The van der Waals surface area contributed by atoms with Gasteiger partial charge in [0, 0.05) is 36.2 Å². The summed E-state index contributed by atoms with van der Waals surface area (Å²) >= 11 is 0. The first-order valence-electron chi connectivity index (χ1n) is 30.1. The number of nitrogens with two attached hydrogens (primary N) is 2. The average Bonchev–Trinajstić information content (AvgIpc) is 0.788. The third-order valence-electron chi connectivity index (χ3n) is 14.0. The van der Waals surface area contributed by atoms with Crippen LogP contribution < -0.4 is 59.4 Å². The lowest BCUT2D eigenvalue weighted by Gasteiger charge is -2.19. The third-order valence-corrected chi connectivity index (χ3v) is 14.0. The van der Waals surface area contributed by atoms with Gasteiger partial charge in [0.25, 0.3) is 16.7 Å². The fraction of sp³-hybridized carbons (Fsp3) is 0.219. The normalized spacial score (nSPS) is 10.7. The monoisotopic (exact) mass is 1320 g/mol. The van der Waals surface area contributed by atoms with Crippen LogP contribution in [0, 0.1) is 54.8 Å². The standard InChI is InChI=1S/C31H27N5O5.C23H23N5O3.C17H17N3O3.CH3B.CH4/c1-18(2)26-29(39)35-31(40)36(30(26)41-22-14-19(3)13-20(15-22)7-6-11-32)17-21-10-12-34-25(16-21)27(37)23-8-4-5-9-24(23)28(33)38;1-14(2)20-21(29)27-23(30)28(13-17-6-8-26-19(25)12-17)22(20)31-18-10-15(3)9-16(11-18)5-4-7-24;1-10(2)14-15(21)19-17(22)20-16(14)23-13-8-11(3)7-12(9-13)5-4-6-18;1-2;/h4-10,12-16,18H,17H2,1-3H3,(H2,33,38)(H,35,39,40);4-6,8-12,14H,13H2,1-3H3,(H2,25,26)(H,27,29,30);4-5,7-10H,1-3H3,(H2,19,20,21,22);1H3;1H4/b7-6+;2*5-4+;;. The molecule has 0 aliphatic heterocycles. The molecule has 0 bridgehead atoms. The summed E-state index contributed by atoms with van der Waals surface area (Å²) < 4.78 is 20.8. The predicted octanol–water partition coefficient (Wildman–Crippen LogP) is 11.1. The van der Waals surface area contributed by atoms with E-state index in [9.17, 15) is 38.4 Å². The molecule has 0 spiro atoms. The predicted molar refractivity (Wildman–Crippen MR) is 378 cm³/mol. The molecule has 98 heavy (non-hydrogen) atoms. The van der Waals surface area contributed by atoms with Crippen LogP contribution in [0.15, 0.2) is 163 Å². The van der Waals surface area contributed by atoms with Gasteiger partial charge in [-0.25, -0.2) is 19.4 Å². The number of carbonyl (C=O) groups excluding carboxylic acids is 2. The van der Waals surface area contributed by atoms with Crippen LogP contribution in [0.4, 0.5) is 5.82 Å². The number of nitrogens with zero attached hydrogens (tertiary/aromatic N) is 7. The van der Waals surface area contributed by atoms with Crippen molar-refractivity contribution < 1.29 is 23.8 Å². The maximum Gasteiger partial charge on any atom is 0.331 e. The molecule has 24 nitrogen and oxygen atoms in total. The van der Waals surface area contributed by atoms with Crippen molar-refractivity contribution in [3.63, 3.8) is 0 Å². The molecule has 5 heterocycles. The van der Waals surface area contributed by atoms with Crippen molar-refractivity contribution in [2.75, 3.05) is 5.73 Å². The van der Waals surface area contributed by atoms with Gasteiger partial charge in [-0.05, 0) is 168 Å². The summed E-state index contributed by atoms with van der Waals surface area (Å²) in [5.74, 6) is 0.118. The molecule has 1 amide bonds. The number of amides is 1. The van der Waals surface area contributed by atoms with Crippen LogP contribution in [0.2, 0.25) is 6.82 Å². The van der Waals surface area contributed by atoms with E-state index in [1.165, 1.54) is 58.6 Å². The van der Waals surface area contributed by atoms with Crippen LogP contribution in [0.25, 0.3) is 18.2 Å². The number of ketones is 1. The number of nitriles is 3. The Kier molecular flexibility index (Phi) is 27.6. The fourth-order valence-electron chi connectivity index (χ4n) is 9.96. The maximum absolute atomic E-state index is 13.2. The molecule has 2 radical (unpaired) electrons. The first-order chi connectivity index (χ1) is 46.3. The highest BCUT2D eigenvalue weighted by Gasteiger charge is 2.24. The largest absolute Gasteiger partial charge is 0.440 e. The van der Waals surface area contributed by atoms with E-state index in [1.54, 1.807) is 91.2 Å². The number of hydrogen-bond acceptors (Lipinski definition) is 17. The Labute approximate surface area is 566 Å². The van der Waals surface area contributed by atoms with Crippen molar-refractivity contribution in [1.29, 1.82) is 15.8 Å². The number of ether oxygens (including phenoxy) is 3. The number of hydrogen-bond donors (Lipinski definition) is 6. The molecule has 9 rings (SSSR count). The van der Waals surface area contributed by atoms with E-state index >= 15 is 0 Å². The Morgan fingerprint density at radius 2 is 0.939 bits per heavy atom. The van der Waals surface area contributed by atoms with Gasteiger partial charge in [0.05, 0.1) is 61.4 Å². The second kappa shape index (κ2) is 35.5. The highest BCUT2D eigenvalue weighted by Crippen LogP contribution is 2.32. The highest BCUT2D eigenvalue weighted by molar-refractivity contribution is 6.14. The second-order valence-electron chi connectivity index (χ2n) is 22.6. The number of pyridine rings is 2. The van der Waals surface area contributed by atoms with Gasteiger partial charge in [0.15, 0.2) is 0 Å². The van der Waals surface area contributed by atoms with Gasteiger partial charge in [0.2, 0.25) is 29.3 Å². The number of aromatic nitrogens is 8. The molecule has 0 unspecified atom stereocenters. The molecule has 8 N–H and O–H groups in total. The van der Waals surface area contributed by atoms with E-state index in [4.69, 9.17) is 41.5 Å². The third kappa shape index (κ3) is 20.4. The van der Waals surface area contributed by atoms with E-state index in [-0.39, 0.29) is 78.3 Å². The number of benzene rings is 4. The highest BCUT2D eigenvalue weighted by atomic mass is 16.5. The van der Waals surface area contributed by atoms with Crippen molar-refractivity contribution in [3.8, 4) is 53.1 Å². The molecule has 500 valence electrons. The Balaban J connectivity index is 0.000000271. The molecule has 0 aliphatic carbocycles. The smallest absolute Gasteiger partial charge is 0.331 e. The van der Waals surface area contributed by atoms with E-state index in [1.807, 2.05) is 98.7 Å². The maximum atomic E-state index is 13.2. The zero-order chi connectivity index (χ0) is 71.2. The number of rotatable bonds is 19. The van der Waals surface area contributed by atoms with Gasteiger partial charge < -0.3 is 25.7 Å². The number of carbonyl (C=O) groups is 2. The Bertz CT molecular complexity index is 5010. The molecule has 5 aromatic heterocycles. The molecule has 4 aromatic carbocycles. The van der Waals surface area contributed by atoms with E-state index < -0.39 is 45.4 Å². The minimum absolute atomic E-state index is 0. The van der Waals surface area contributed by atoms with Crippen molar-refractivity contribution in [1.82, 2.24) is 39.0 Å². The van der Waals surface area contributed by atoms with Crippen LogP contribution in [0.5, 0.6) is 34.9 Å². The summed E-state index contributed by atoms with van der Waals surface area (Å²) in [6.45, 7) is 18.2. The zero-order valence-electron chi connectivity index (χ0n) is 54.9. The first kappa shape index (κ1) is 76.0. The Morgan fingerprint density at radius 3 is 1.35 bits per heavy atom. The van der Waals surface area contributed by atoms with Gasteiger partial charge in [-0.2, -0.15) is 15.8 Å². The van der Waals surface area contributed by atoms with Gasteiger partial charge >= 0.3 is 17.1 Å². The van der Waals surface area contributed by atoms with Crippen LogP contribution in [0.1, 0.15) is 154 Å². The van der Waals surface area contributed by atoms with Crippen LogP contribution in [-0.4, -0.2) is 58.6 Å². The zero-order valence-corrected chi connectivity index (χ0v) is 54.9. The molecule has 0 atom stereocenters. The fourth-order valence-corrected chi connectivity index (χ4v) is 9.96. The van der Waals surface area contributed by atoms with Crippen molar-refractivity contribution >= 4 is 43.6 Å². The lowest BCUT2D eigenvalue weighted by atomic mass is 10.00. The minimum atomic E-state index is -0.740. The molecule has 0 fully saturated rings. The van der Waals surface area contributed by atoms with E-state index in [0.717, 1.165) is 33.4 Å².